The summed E-state index contributed by atoms with van der Waals surface area (Å²) in [5.41, 5.74) is 0.416. The van der Waals surface area contributed by atoms with Gasteiger partial charge in [-0.2, -0.15) is 0 Å². The van der Waals surface area contributed by atoms with E-state index in [4.69, 9.17) is 20.9 Å². The number of hydrogen-bond donors (Lipinski definition) is 0. The second-order valence-corrected chi connectivity index (χ2v) is 6.41. The molecule has 0 unspecified atom stereocenters. The van der Waals surface area contributed by atoms with Gasteiger partial charge in [0.2, 0.25) is 0 Å². The maximum atomic E-state index is 10.9. The first-order valence-corrected chi connectivity index (χ1v) is 6.73. The van der Waals surface area contributed by atoms with Crippen molar-refractivity contribution in [1.29, 1.82) is 0 Å². The molecule has 0 spiro atoms. The van der Waals surface area contributed by atoms with E-state index in [2.05, 4.69) is 0 Å². The lowest BCUT2D eigenvalue weighted by Gasteiger charge is -2.32. The Morgan fingerprint density at radius 1 is 1.20 bits per heavy atom. The van der Waals surface area contributed by atoms with Crippen LogP contribution in [0, 0.1) is 17.0 Å². The lowest BCUT2D eigenvalue weighted by atomic mass is 9.76. The summed E-state index contributed by atoms with van der Waals surface area (Å²) in [7, 11) is -0.571. The van der Waals surface area contributed by atoms with Crippen LogP contribution in [-0.4, -0.2) is 23.2 Å². The molecule has 1 fully saturated rings. The quantitative estimate of drug-likeness (QED) is 0.478. The van der Waals surface area contributed by atoms with Gasteiger partial charge in [-0.3, -0.25) is 10.1 Å². The van der Waals surface area contributed by atoms with Crippen LogP contribution < -0.4 is 5.46 Å². The molecule has 1 heterocycles. The molecule has 0 bridgehead atoms. The standard InChI is InChI=1S/C13H17BClNO4/c1-8-6-11(16(17)18)10(15)7-9(8)14-19-12(2,3)13(4,5)20-14/h6-7H,1-5H3. The van der Waals surface area contributed by atoms with E-state index in [1.54, 1.807) is 13.0 Å². The first-order chi connectivity index (χ1) is 9.05. The normalized spacial score (nSPS) is 20.2. The summed E-state index contributed by atoms with van der Waals surface area (Å²) in [4.78, 5) is 10.4. The van der Waals surface area contributed by atoms with Gasteiger partial charge in [0.05, 0.1) is 16.1 Å². The average molecular weight is 298 g/mol. The van der Waals surface area contributed by atoms with Gasteiger partial charge < -0.3 is 9.31 Å². The molecule has 1 aliphatic rings. The molecule has 1 aromatic rings. The summed E-state index contributed by atoms with van der Waals surface area (Å²) < 4.78 is 11.9. The van der Waals surface area contributed by atoms with Gasteiger partial charge in [0, 0.05) is 6.07 Å². The molecule has 0 amide bonds. The van der Waals surface area contributed by atoms with Crippen LogP contribution in [0.15, 0.2) is 12.1 Å². The minimum atomic E-state index is -0.571. The van der Waals surface area contributed by atoms with Crippen molar-refractivity contribution in [3.05, 3.63) is 32.8 Å². The zero-order valence-electron chi connectivity index (χ0n) is 12.2. The fraction of sp³-hybridized carbons (Fsp3) is 0.538. The predicted octanol–water partition coefficient (Wildman–Crippen LogP) is 2.86. The molecule has 0 radical (unpaired) electrons. The van der Waals surface area contributed by atoms with Crippen molar-refractivity contribution in [2.45, 2.75) is 45.8 Å². The Morgan fingerprint density at radius 3 is 2.15 bits per heavy atom. The smallest absolute Gasteiger partial charge is 0.399 e. The van der Waals surface area contributed by atoms with E-state index in [-0.39, 0.29) is 10.7 Å². The first-order valence-electron chi connectivity index (χ1n) is 6.35. The molecular weight excluding hydrogens is 280 g/mol. The SMILES string of the molecule is Cc1cc([N+](=O)[O-])c(Cl)cc1B1OC(C)(C)C(C)(C)O1. The number of halogens is 1. The second-order valence-electron chi connectivity index (χ2n) is 6.01. The maximum absolute atomic E-state index is 10.9. The van der Waals surface area contributed by atoms with E-state index in [0.29, 0.717) is 0 Å². The molecule has 20 heavy (non-hydrogen) atoms. The molecule has 0 aliphatic carbocycles. The Hall–Kier alpha value is -1.11. The highest BCUT2D eigenvalue weighted by Gasteiger charge is 2.52. The molecular formula is C13H17BClNO4. The second kappa shape index (κ2) is 4.72. The summed E-state index contributed by atoms with van der Waals surface area (Å²) in [6.07, 6.45) is 0. The Kier molecular flexibility index (Phi) is 3.61. The van der Waals surface area contributed by atoms with Gasteiger partial charge in [0.1, 0.15) is 5.02 Å². The van der Waals surface area contributed by atoms with Crippen molar-refractivity contribution in [3.8, 4) is 0 Å². The molecule has 0 saturated carbocycles. The van der Waals surface area contributed by atoms with Crippen molar-refractivity contribution in [2.75, 3.05) is 0 Å². The number of benzene rings is 1. The summed E-state index contributed by atoms with van der Waals surface area (Å²) >= 11 is 5.96. The highest BCUT2D eigenvalue weighted by molar-refractivity contribution is 6.63. The Balaban J connectivity index is 2.41. The van der Waals surface area contributed by atoms with E-state index in [1.165, 1.54) is 6.07 Å². The first kappa shape index (κ1) is 15.3. The molecule has 7 heteroatoms. The molecule has 1 saturated heterocycles. The zero-order valence-corrected chi connectivity index (χ0v) is 12.9. The van der Waals surface area contributed by atoms with Crippen molar-refractivity contribution < 1.29 is 14.2 Å². The largest absolute Gasteiger partial charge is 0.495 e. The molecule has 0 aromatic heterocycles. The summed E-state index contributed by atoms with van der Waals surface area (Å²) in [5.74, 6) is 0. The number of nitro groups is 1. The maximum Gasteiger partial charge on any atom is 0.495 e. The van der Waals surface area contributed by atoms with Crippen LogP contribution in [0.4, 0.5) is 5.69 Å². The molecule has 1 aliphatic heterocycles. The van der Waals surface area contributed by atoms with Crippen LogP contribution >= 0.6 is 11.6 Å². The van der Waals surface area contributed by atoms with Crippen molar-refractivity contribution in [1.82, 2.24) is 0 Å². The topological polar surface area (TPSA) is 61.6 Å². The number of aryl methyl sites for hydroxylation is 1. The van der Waals surface area contributed by atoms with Gasteiger partial charge in [0.25, 0.3) is 5.69 Å². The minimum Gasteiger partial charge on any atom is -0.399 e. The fourth-order valence-electron chi connectivity index (χ4n) is 2.05. The molecule has 1 aromatic carbocycles. The number of rotatable bonds is 2. The third-order valence-electron chi connectivity index (χ3n) is 4.04. The van der Waals surface area contributed by atoms with Crippen molar-refractivity contribution >= 4 is 29.9 Å². The zero-order chi connectivity index (χ0) is 15.3. The summed E-state index contributed by atoms with van der Waals surface area (Å²) in [5, 5.41) is 11.0. The van der Waals surface area contributed by atoms with Gasteiger partial charge in [0.15, 0.2) is 0 Å². The Bertz CT molecular complexity index is 558. The number of hydrogen-bond acceptors (Lipinski definition) is 4. The van der Waals surface area contributed by atoms with Gasteiger partial charge in [-0.25, -0.2) is 0 Å². The Labute approximate surface area is 123 Å². The minimum absolute atomic E-state index is 0.0883. The van der Waals surface area contributed by atoms with Crippen LogP contribution in [0.25, 0.3) is 0 Å². The lowest BCUT2D eigenvalue weighted by molar-refractivity contribution is -0.384. The molecule has 0 N–H and O–H groups in total. The van der Waals surface area contributed by atoms with Crippen LogP contribution in [0.1, 0.15) is 33.3 Å². The Morgan fingerprint density at radius 2 is 1.70 bits per heavy atom. The summed E-state index contributed by atoms with van der Waals surface area (Å²) in [6.45, 7) is 9.60. The fourth-order valence-corrected chi connectivity index (χ4v) is 2.29. The molecule has 2 rings (SSSR count). The van der Waals surface area contributed by atoms with Crippen molar-refractivity contribution in [2.24, 2.45) is 0 Å². The third-order valence-corrected chi connectivity index (χ3v) is 4.34. The van der Waals surface area contributed by atoms with Crippen LogP contribution in [-0.2, 0) is 9.31 Å². The molecule has 0 atom stereocenters. The summed E-state index contributed by atoms with van der Waals surface area (Å²) in [6, 6.07) is 3.00. The highest BCUT2D eigenvalue weighted by atomic mass is 35.5. The van der Waals surface area contributed by atoms with Gasteiger partial charge in [-0.05, 0) is 51.7 Å². The lowest BCUT2D eigenvalue weighted by Crippen LogP contribution is -2.41. The van der Waals surface area contributed by atoms with E-state index >= 15 is 0 Å². The van der Waals surface area contributed by atoms with E-state index in [9.17, 15) is 10.1 Å². The van der Waals surface area contributed by atoms with E-state index in [1.807, 2.05) is 27.7 Å². The average Bonchev–Trinajstić information content (AvgIpc) is 2.50. The predicted molar refractivity (Wildman–Crippen MR) is 78.6 cm³/mol. The number of nitro benzene ring substituents is 1. The van der Waals surface area contributed by atoms with Gasteiger partial charge >= 0.3 is 7.12 Å². The highest BCUT2D eigenvalue weighted by Crippen LogP contribution is 2.37. The van der Waals surface area contributed by atoms with E-state index in [0.717, 1.165) is 11.0 Å². The monoisotopic (exact) mass is 297 g/mol. The van der Waals surface area contributed by atoms with Gasteiger partial charge in [-0.1, -0.05) is 11.6 Å². The molecule has 108 valence electrons. The van der Waals surface area contributed by atoms with Crippen molar-refractivity contribution in [3.63, 3.8) is 0 Å². The number of nitrogens with zero attached hydrogens (tertiary/aromatic N) is 1. The molecule has 5 nitrogen and oxygen atoms in total. The van der Waals surface area contributed by atoms with Crippen LogP contribution in [0.5, 0.6) is 0 Å². The third kappa shape index (κ3) is 2.43. The van der Waals surface area contributed by atoms with Crippen LogP contribution in [0.3, 0.4) is 0 Å². The van der Waals surface area contributed by atoms with E-state index < -0.39 is 23.2 Å². The van der Waals surface area contributed by atoms with Crippen LogP contribution in [0.2, 0.25) is 5.02 Å². The van der Waals surface area contributed by atoms with Gasteiger partial charge in [-0.15, -0.1) is 0 Å².